The number of carbonyl (C=O) groups excluding carboxylic acids is 1. The molecule has 0 unspecified atom stereocenters. The monoisotopic (exact) mass is 448 g/mol. The number of carbonyl (C=O) groups is 1. The highest BCUT2D eigenvalue weighted by molar-refractivity contribution is 5.93. The molecule has 3 aromatic rings. The zero-order chi connectivity index (χ0) is 22.9. The van der Waals surface area contributed by atoms with Gasteiger partial charge in [-0.05, 0) is 37.1 Å². The summed E-state index contributed by atoms with van der Waals surface area (Å²) in [6, 6.07) is 6.92. The molecule has 1 saturated carbocycles. The Hall–Kier alpha value is -3.30. The molecule has 1 amide bonds. The molecule has 4 rings (SSSR count). The minimum Gasteiger partial charge on any atom is -0.493 e. The van der Waals surface area contributed by atoms with Gasteiger partial charge in [-0.3, -0.25) is 4.79 Å². The predicted octanol–water partition coefficient (Wildman–Crippen LogP) is 4.49. The lowest BCUT2D eigenvalue weighted by Crippen LogP contribution is -2.36. The van der Waals surface area contributed by atoms with E-state index in [9.17, 15) is 18.0 Å². The van der Waals surface area contributed by atoms with E-state index in [1.807, 2.05) is 0 Å². The van der Waals surface area contributed by atoms with E-state index in [0.717, 1.165) is 38.2 Å². The molecule has 0 radical (unpaired) electrons. The van der Waals surface area contributed by atoms with E-state index in [1.165, 1.54) is 20.3 Å². The van der Waals surface area contributed by atoms with Crippen molar-refractivity contribution in [1.82, 2.24) is 19.9 Å². The molecule has 0 spiro atoms. The fourth-order valence-corrected chi connectivity index (χ4v) is 3.94. The van der Waals surface area contributed by atoms with Crippen molar-refractivity contribution in [2.45, 2.75) is 44.3 Å². The third-order valence-corrected chi connectivity index (χ3v) is 5.57. The molecular formula is C22H23F3N4O3. The van der Waals surface area contributed by atoms with E-state index in [2.05, 4.69) is 15.4 Å². The summed E-state index contributed by atoms with van der Waals surface area (Å²) >= 11 is 0. The van der Waals surface area contributed by atoms with Crippen LogP contribution in [0.1, 0.15) is 48.3 Å². The number of alkyl halides is 3. The van der Waals surface area contributed by atoms with Crippen LogP contribution in [0, 0.1) is 0 Å². The first kappa shape index (κ1) is 21.9. The molecule has 1 aromatic carbocycles. The summed E-state index contributed by atoms with van der Waals surface area (Å²) in [5, 5.41) is 6.79. The number of nitrogens with one attached hydrogen (secondary N) is 1. The SMILES string of the molecule is COc1ccc(-c2cc(C(F)(F)F)n3nc(C(=O)NC4CCCCC4)cc3n2)cc1OC. The quantitative estimate of drug-likeness (QED) is 0.622. The number of nitrogens with zero attached hydrogens (tertiary/aromatic N) is 3. The predicted molar refractivity (Wildman–Crippen MR) is 111 cm³/mol. The number of rotatable bonds is 5. The average Bonchev–Trinajstić information content (AvgIpc) is 3.22. The maximum absolute atomic E-state index is 13.8. The van der Waals surface area contributed by atoms with Crippen LogP contribution in [0.3, 0.4) is 0 Å². The van der Waals surface area contributed by atoms with Crippen LogP contribution in [-0.4, -0.2) is 40.8 Å². The minimum atomic E-state index is -4.70. The molecule has 2 aromatic heterocycles. The lowest BCUT2D eigenvalue weighted by atomic mass is 9.95. The van der Waals surface area contributed by atoms with Gasteiger partial charge in [0.05, 0.1) is 19.9 Å². The van der Waals surface area contributed by atoms with Gasteiger partial charge in [-0.25, -0.2) is 9.50 Å². The van der Waals surface area contributed by atoms with E-state index in [-0.39, 0.29) is 23.1 Å². The van der Waals surface area contributed by atoms with Gasteiger partial charge in [0.15, 0.2) is 28.5 Å². The third-order valence-electron chi connectivity index (χ3n) is 5.57. The topological polar surface area (TPSA) is 77.8 Å². The summed E-state index contributed by atoms with van der Waals surface area (Å²) in [7, 11) is 2.91. The maximum atomic E-state index is 13.8. The van der Waals surface area contributed by atoms with E-state index < -0.39 is 17.8 Å². The largest absolute Gasteiger partial charge is 0.493 e. The zero-order valence-corrected chi connectivity index (χ0v) is 17.7. The Bertz CT molecular complexity index is 1140. The number of hydrogen-bond acceptors (Lipinski definition) is 5. The average molecular weight is 448 g/mol. The second-order valence-electron chi connectivity index (χ2n) is 7.70. The highest BCUT2D eigenvalue weighted by atomic mass is 19.4. The first-order valence-electron chi connectivity index (χ1n) is 10.3. The van der Waals surface area contributed by atoms with Crippen molar-refractivity contribution in [1.29, 1.82) is 0 Å². The number of hydrogen-bond donors (Lipinski definition) is 1. The smallest absolute Gasteiger partial charge is 0.433 e. The normalized spacial score (nSPS) is 15.0. The summed E-state index contributed by atoms with van der Waals surface area (Å²) < 4.78 is 52.6. The molecule has 0 aliphatic heterocycles. The van der Waals surface area contributed by atoms with Gasteiger partial charge in [0.2, 0.25) is 0 Å². The summed E-state index contributed by atoms with van der Waals surface area (Å²) in [6.07, 6.45) is 0.173. The second-order valence-corrected chi connectivity index (χ2v) is 7.70. The van der Waals surface area contributed by atoms with Crippen LogP contribution in [0.2, 0.25) is 0 Å². The maximum Gasteiger partial charge on any atom is 0.433 e. The molecular weight excluding hydrogens is 425 g/mol. The van der Waals surface area contributed by atoms with Gasteiger partial charge in [0.1, 0.15) is 0 Å². The van der Waals surface area contributed by atoms with Gasteiger partial charge in [0, 0.05) is 17.7 Å². The van der Waals surface area contributed by atoms with E-state index in [4.69, 9.17) is 9.47 Å². The number of aromatic nitrogens is 3. The van der Waals surface area contributed by atoms with E-state index in [0.29, 0.717) is 21.6 Å². The first-order chi connectivity index (χ1) is 15.3. The Kier molecular flexibility index (Phi) is 5.94. The van der Waals surface area contributed by atoms with Gasteiger partial charge in [0.25, 0.3) is 5.91 Å². The number of ether oxygens (including phenoxy) is 2. The Morgan fingerprint density at radius 1 is 1.06 bits per heavy atom. The van der Waals surface area contributed by atoms with Crippen LogP contribution in [0.15, 0.2) is 30.3 Å². The molecule has 0 bridgehead atoms. The summed E-state index contributed by atoms with van der Waals surface area (Å²) in [6.45, 7) is 0. The Morgan fingerprint density at radius 2 is 1.78 bits per heavy atom. The third kappa shape index (κ3) is 4.35. The Morgan fingerprint density at radius 3 is 2.44 bits per heavy atom. The molecule has 7 nitrogen and oxygen atoms in total. The van der Waals surface area contributed by atoms with E-state index >= 15 is 0 Å². The molecule has 10 heteroatoms. The fourth-order valence-electron chi connectivity index (χ4n) is 3.94. The van der Waals surface area contributed by atoms with Crippen LogP contribution < -0.4 is 14.8 Å². The van der Waals surface area contributed by atoms with Gasteiger partial charge >= 0.3 is 6.18 Å². The summed E-state index contributed by atoms with van der Waals surface area (Å²) in [4.78, 5) is 17.0. The van der Waals surface area contributed by atoms with Gasteiger partial charge < -0.3 is 14.8 Å². The van der Waals surface area contributed by atoms with E-state index in [1.54, 1.807) is 18.2 Å². The molecule has 1 fully saturated rings. The molecule has 1 aliphatic rings. The summed E-state index contributed by atoms with van der Waals surface area (Å²) in [5.74, 6) is 0.309. The molecule has 0 saturated heterocycles. The molecule has 1 N–H and O–H groups in total. The lowest BCUT2D eigenvalue weighted by molar-refractivity contribution is -0.142. The van der Waals surface area contributed by atoms with Gasteiger partial charge in [-0.1, -0.05) is 19.3 Å². The van der Waals surface area contributed by atoms with Crippen molar-refractivity contribution in [3.8, 4) is 22.8 Å². The van der Waals surface area contributed by atoms with Crippen LogP contribution in [0.4, 0.5) is 13.2 Å². The molecule has 32 heavy (non-hydrogen) atoms. The van der Waals surface area contributed by atoms with Crippen molar-refractivity contribution < 1.29 is 27.4 Å². The number of methoxy groups -OCH3 is 2. The van der Waals surface area contributed by atoms with Crippen molar-refractivity contribution in [3.05, 3.63) is 41.7 Å². The van der Waals surface area contributed by atoms with Crippen LogP contribution >= 0.6 is 0 Å². The van der Waals surface area contributed by atoms with Crippen LogP contribution in [0.25, 0.3) is 16.9 Å². The standard InChI is InChI=1S/C22H23F3N4O3/c1-31-17-9-8-13(10-18(17)32-2)15-11-19(22(23,24)25)29-20(27-15)12-16(28-29)21(30)26-14-6-4-3-5-7-14/h8-12,14H,3-7H2,1-2H3,(H,26,30). The molecule has 2 heterocycles. The van der Waals surface area contributed by atoms with Crippen LogP contribution in [0.5, 0.6) is 11.5 Å². The number of amides is 1. The van der Waals surface area contributed by atoms with Crippen molar-refractivity contribution >= 4 is 11.6 Å². The fraction of sp³-hybridized carbons (Fsp3) is 0.409. The molecule has 0 atom stereocenters. The first-order valence-corrected chi connectivity index (χ1v) is 10.3. The van der Waals surface area contributed by atoms with Gasteiger partial charge in [-0.15, -0.1) is 0 Å². The molecule has 170 valence electrons. The minimum absolute atomic E-state index is 0.0124. The number of halogens is 3. The van der Waals surface area contributed by atoms with Crippen molar-refractivity contribution in [2.75, 3.05) is 14.2 Å². The highest BCUT2D eigenvalue weighted by Crippen LogP contribution is 2.35. The van der Waals surface area contributed by atoms with Crippen molar-refractivity contribution in [2.24, 2.45) is 0 Å². The number of fused-ring (bicyclic) bond motifs is 1. The Labute approximate surface area is 182 Å². The van der Waals surface area contributed by atoms with Gasteiger partial charge in [-0.2, -0.15) is 18.3 Å². The van der Waals surface area contributed by atoms with Crippen molar-refractivity contribution in [3.63, 3.8) is 0 Å². The highest BCUT2D eigenvalue weighted by Gasteiger charge is 2.36. The second kappa shape index (κ2) is 8.68. The Balaban J connectivity index is 1.75. The molecule has 1 aliphatic carbocycles. The van der Waals surface area contributed by atoms with Crippen LogP contribution in [-0.2, 0) is 6.18 Å². The number of benzene rings is 1. The lowest BCUT2D eigenvalue weighted by Gasteiger charge is -2.22. The zero-order valence-electron chi connectivity index (χ0n) is 17.7. The summed E-state index contributed by atoms with van der Waals surface area (Å²) in [5.41, 5.74) is -0.713.